The van der Waals surface area contributed by atoms with Gasteiger partial charge in [0.15, 0.2) is 0 Å². The fourth-order valence-electron chi connectivity index (χ4n) is 3.20. The van der Waals surface area contributed by atoms with Crippen LogP contribution in [0.3, 0.4) is 0 Å². The van der Waals surface area contributed by atoms with Crippen LogP contribution in [0.2, 0.25) is 0 Å². The second kappa shape index (κ2) is 6.05. The predicted octanol–water partition coefficient (Wildman–Crippen LogP) is 2.48. The second-order valence-corrected chi connectivity index (χ2v) is 6.33. The Morgan fingerprint density at radius 1 is 1.28 bits per heavy atom. The Morgan fingerprint density at radius 2 is 2.12 bits per heavy atom. The zero-order valence-corrected chi connectivity index (χ0v) is 13.8. The van der Waals surface area contributed by atoms with Gasteiger partial charge in [0, 0.05) is 11.1 Å². The van der Waals surface area contributed by atoms with Crippen molar-refractivity contribution >= 4 is 28.4 Å². The number of anilines is 1. The number of carbonyl (C=O) groups excluding carboxylic acids is 2. The molecule has 2 amide bonds. The van der Waals surface area contributed by atoms with Crippen molar-refractivity contribution in [3.63, 3.8) is 0 Å². The Kier molecular flexibility index (Phi) is 3.72. The molecular formula is C19H18N4O2. The lowest BCUT2D eigenvalue weighted by atomic mass is 10.0. The Balaban J connectivity index is 1.46. The minimum atomic E-state index is -0.136. The molecule has 4 rings (SSSR count). The zero-order valence-electron chi connectivity index (χ0n) is 13.8. The van der Waals surface area contributed by atoms with Gasteiger partial charge >= 0.3 is 0 Å². The van der Waals surface area contributed by atoms with E-state index in [2.05, 4.69) is 20.8 Å². The highest BCUT2D eigenvalue weighted by molar-refractivity contribution is 5.99. The van der Waals surface area contributed by atoms with Crippen LogP contribution in [0.1, 0.15) is 29.8 Å². The SMILES string of the molecule is C[C@H](NC(=O)Cc1[nH]nc2ccccc12)c1ccc2c(c1)CC(=O)N2. The van der Waals surface area contributed by atoms with Crippen molar-refractivity contribution in [2.75, 3.05) is 5.32 Å². The molecule has 0 saturated carbocycles. The van der Waals surface area contributed by atoms with Gasteiger partial charge in [0.05, 0.1) is 30.1 Å². The summed E-state index contributed by atoms with van der Waals surface area (Å²) in [6, 6.07) is 13.4. The number of amides is 2. The molecule has 6 nitrogen and oxygen atoms in total. The van der Waals surface area contributed by atoms with Gasteiger partial charge in [-0.2, -0.15) is 5.10 Å². The highest BCUT2D eigenvalue weighted by Crippen LogP contribution is 2.26. The van der Waals surface area contributed by atoms with E-state index >= 15 is 0 Å². The van der Waals surface area contributed by atoms with Crippen LogP contribution >= 0.6 is 0 Å². The third-order valence-electron chi connectivity index (χ3n) is 4.51. The van der Waals surface area contributed by atoms with E-state index in [-0.39, 0.29) is 24.3 Å². The molecule has 2 aromatic carbocycles. The molecule has 25 heavy (non-hydrogen) atoms. The van der Waals surface area contributed by atoms with Crippen LogP contribution in [0.25, 0.3) is 10.9 Å². The van der Waals surface area contributed by atoms with Crippen molar-refractivity contribution in [1.82, 2.24) is 15.5 Å². The molecule has 0 saturated heterocycles. The maximum absolute atomic E-state index is 12.4. The van der Waals surface area contributed by atoms with E-state index in [1.807, 2.05) is 49.4 Å². The minimum Gasteiger partial charge on any atom is -0.349 e. The van der Waals surface area contributed by atoms with Crippen molar-refractivity contribution in [3.8, 4) is 0 Å². The van der Waals surface area contributed by atoms with Crippen molar-refractivity contribution in [2.24, 2.45) is 0 Å². The lowest BCUT2D eigenvalue weighted by Gasteiger charge is -2.15. The van der Waals surface area contributed by atoms with Gasteiger partial charge in [-0.25, -0.2) is 0 Å². The highest BCUT2D eigenvalue weighted by Gasteiger charge is 2.19. The number of hydrogen-bond donors (Lipinski definition) is 3. The number of hydrogen-bond acceptors (Lipinski definition) is 3. The van der Waals surface area contributed by atoms with E-state index in [9.17, 15) is 9.59 Å². The molecule has 1 aliphatic rings. The average molecular weight is 334 g/mol. The quantitative estimate of drug-likeness (QED) is 0.685. The summed E-state index contributed by atoms with van der Waals surface area (Å²) >= 11 is 0. The standard InChI is InChI=1S/C19H18N4O2/c1-11(12-6-7-15-13(8-12)9-18(24)21-15)20-19(25)10-17-14-4-2-3-5-16(14)22-23-17/h2-8,11H,9-10H2,1H3,(H,20,25)(H,21,24)(H,22,23)/t11-/m0/s1. The first-order chi connectivity index (χ1) is 12.1. The maximum Gasteiger partial charge on any atom is 0.228 e. The van der Waals surface area contributed by atoms with E-state index in [0.717, 1.165) is 33.4 Å². The largest absolute Gasteiger partial charge is 0.349 e. The molecule has 0 radical (unpaired) electrons. The van der Waals surface area contributed by atoms with Crippen molar-refractivity contribution in [3.05, 3.63) is 59.3 Å². The molecule has 3 aromatic rings. The summed E-state index contributed by atoms with van der Waals surface area (Å²) in [6.07, 6.45) is 0.639. The Bertz CT molecular complexity index is 976. The summed E-state index contributed by atoms with van der Waals surface area (Å²) in [5, 5.41) is 13.9. The van der Waals surface area contributed by atoms with Gasteiger partial charge in [-0.05, 0) is 30.2 Å². The predicted molar refractivity (Wildman–Crippen MR) is 95.1 cm³/mol. The van der Waals surface area contributed by atoms with Crippen LogP contribution in [0.15, 0.2) is 42.5 Å². The van der Waals surface area contributed by atoms with E-state index in [0.29, 0.717) is 6.42 Å². The molecule has 2 heterocycles. The third-order valence-corrected chi connectivity index (χ3v) is 4.51. The van der Waals surface area contributed by atoms with Crippen molar-refractivity contribution < 1.29 is 9.59 Å². The highest BCUT2D eigenvalue weighted by atomic mass is 16.2. The van der Waals surface area contributed by atoms with Gasteiger partial charge in [0.25, 0.3) is 0 Å². The Hall–Kier alpha value is -3.15. The van der Waals surface area contributed by atoms with Crippen LogP contribution in [-0.2, 0) is 22.4 Å². The summed E-state index contributed by atoms with van der Waals surface area (Å²) in [4.78, 5) is 23.9. The van der Waals surface area contributed by atoms with Crippen LogP contribution in [-0.4, -0.2) is 22.0 Å². The zero-order chi connectivity index (χ0) is 17.4. The van der Waals surface area contributed by atoms with Gasteiger partial charge in [-0.1, -0.05) is 30.3 Å². The topological polar surface area (TPSA) is 86.9 Å². The molecule has 1 atom stereocenters. The van der Waals surface area contributed by atoms with Crippen LogP contribution in [0, 0.1) is 0 Å². The second-order valence-electron chi connectivity index (χ2n) is 6.33. The van der Waals surface area contributed by atoms with Crippen LogP contribution < -0.4 is 10.6 Å². The number of H-pyrrole nitrogens is 1. The van der Waals surface area contributed by atoms with Gasteiger partial charge in [0.1, 0.15) is 0 Å². The van der Waals surface area contributed by atoms with Crippen molar-refractivity contribution in [2.45, 2.75) is 25.8 Å². The van der Waals surface area contributed by atoms with Gasteiger partial charge in [-0.3, -0.25) is 14.7 Å². The lowest BCUT2D eigenvalue weighted by Crippen LogP contribution is -2.28. The molecule has 0 fully saturated rings. The number of carbonyl (C=O) groups is 2. The summed E-state index contributed by atoms with van der Waals surface area (Å²) in [7, 11) is 0. The van der Waals surface area contributed by atoms with Gasteiger partial charge in [0.2, 0.25) is 11.8 Å². The third kappa shape index (κ3) is 2.98. The number of aromatic nitrogens is 2. The summed E-state index contributed by atoms with van der Waals surface area (Å²) < 4.78 is 0. The normalized spacial score (nSPS) is 14.2. The monoisotopic (exact) mass is 334 g/mol. The molecule has 1 aliphatic heterocycles. The molecule has 1 aromatic heterocycles. The number of aromatic amines is 1. The summed E-state index contributed by atoms with van der Waals surface area (Å²) in [5.74, 6) is -0.0634. The fraction of sp³-hybridized carbons (Fsp3) is 0.211. The molecule has 126 valence electrons. The molecule has 0 unspecified atom stereocenters. The van der Waals surface area contributed by atoms with E-state index in [1.54, 1.807) is 0 Å². The molecule has 0 bridgehead atoms. The smallest absolute Gasteiger partial charge is 0.228 e. The molecule has 0 aliphatic carbocycles. The van der Waals surface area contributed by atoms with Crippen molar-refractivity contribution in [1.29, 1.82) is 0 Å². The van der Waals surface area contributed by atoms with Gasteiger partial charge < -0.3 is 10.6 Å². The number of nitrogens with zero attached hydrogens (tertiary/aromatic N) is 1. The number of fused-ring (bicyclic) bond motifs is 2. The lowest BCUT2D eigenvalue weighted by molar-refractivity contribution is -0.121. The van der Waals surface area contributed by atoms with E-state index in [1.165, 1.54) is 0 Å². The number of nitrogens with one attached hydrogen (secondary N) is 3. The average Bonchev–Trinajstić information content (AvgIpc) is 3.16. The Morgan fingerprint density at radius 3 is 3.00 bits per heavy atom. The van der Waals surface area contributed by atoms with Crippen LogP contribution in [0.5, 0.6) is 0 Å². The summed E-state index contributed by atoms with van der Waals surface area (Å²) in [5.41, 5.74) is 4.48. The fourth-order valence-corrected chi connectivity index (χ4v) is 3.20. The first kappa shape index (κ1) is 15.4. The number of benzene rings is 2. The first-order valence-electron chi connectivity index (χ1n) is 8.24. The van der Waals surface area contributed by atoms with Crippen LogP contribution in [0.4, 0.5) is 5.69 Å². The van der Waals surface area contributed by atoms with E-state index in [4.69, 9.17) is 0 Å². The number of rotatable bonds is 4. The minimum absolute atomic E-state index is 0.00922. The van der Waals surface area contributed by atoms with E-state index < -0.39 is 0 Å². The first-order valence-corrected chi connectivity index (χ1v) is 8.24. The summed E-state index contributed by atoms with van der Waals surface area (Å²) in [6.45, 7) is 1.94. The number of para-hydroxylation sites is 1. The Labute approximate surface area is 144 Å². The molecule has 6 heteroatoms. The van der Waals surface area contributed by atoms with Gasteiger partial charge in [-0.15, -0.1) is 0 Å². The molecule has 3 N–H and O–H groups in total. The maximum atomic E-state index is 12.4. The molecule has 0 spiro atoms. The molecular weight excluding hydrogens is 316 g/mol.